The first kappa shape index (κ1) is 43.1. The summed E-state index contributed by atoms with van der Waals surface area (Å²) in [6.07, 6.45) is -12.5. The summed E-state index contributed by atoms with van der Waals surface area (Å²) in [5.74, 6) is -7.71. The molecule has 0 spiro atoms. The molecule has 2 aliphatic heterocycles. The molecule has 1 fully saturated rings. The number of nitrogens with one attached hydrogen (secondary N) is 2. The zero-order chi connectivity index (χ0) is 32.5. The van der Waals surface area contributed by atoms with Gasteiger partial charge in [-0.1, -0.05) is 14.9 Å². The number of carboxylic acid groups (broad SMARTS) is 2. The van der Waals surface area contributed by atoms with Crippen molar-refractivity contribution < 1.29 is 84.5 Å². The van der Waals surface area contributed by atoms with Crippen LogP contribution in [0.1, 0.15) is 35.1 Å². The van der Waals surface area contributed by atoms with Gasteiger partial charge in [0.15, 0.2) is 6.10 Å². The molecule has 1 saturated heterocycles. The molecule has 2 unspecified atom stereocenters. The Morgan fingerprint density at radius 3 is 1.77 bits per heavy atom. The minimum atomic E-state index is -2.35. The molecule has 0 radical (unpaired) electrons. The van der Waals surface area contributed by atoms with Crippen LogP contribution in [0.15, 0.2) is 11.8 Å². The summed E-state index contributed by atoms with van der Waals surface area (Å²) < 4.78 is 14.8. The van der Waals surface area contributed by atoms with Crippen LogP contribution < -0.4 is 20.8 Å². The molecule has 2 amide bonds. The highest BCUT2D eigenvalue weighted by atomic mass is 16.7. The molecule has 0 aliphatic carbocycles. The number of hydrogen-bond acceptors (Lipinski definition) is 17. The highest BCUT2D eigenvalue weighted by Crippen LogP contribution is 2.32. The minimum absolute atomic E-state index is 0. The summed E-state index contributed by atoms with van der Waals surface area (Å²) >= 11 is 0. The number of methoxy groups -OCH3 is 1. The monoisotopic (exact) mass is 644 g/mol. The van der Waals surface area contributed by atoms with Gasteiger partial charge in [0.05, 0.1) is 37.5 Å². The number of amides is 2. The molecule has 2 rings (SSSR count). The molecule has 2 aliphatic rings. The molecule has 0 bridgehead atoms. The van der Waals surface area contributed by atoms with Gasteiger partial charge in [0, 0.05) is 27.4 Å². The third-order valence-electron chi connectivity index (χ3n) is 6.30. The molecule has 44 heavy (non-hydrogen) atoms. The van der Waals surface area contributed by atoms with Gasteiger partial charge in [0.2, 0.25) is 17.6 Å². The quantitative estimate of drug-likeness (QED) is 0.0998. The van der Waals surface area contributed by atoms with Gasteiger partial charge in [0.1, 0.15) is 48.2 Å². The van der Waals surface area contributed by atoms with Gasteiger partial charge in [-0.05, 0) is 6.08 Å². The third kappa shape index (κ3) is 10.9. The number of carbonyl (C=O) groups excluding carboxylic acids is 4. The van der Waals surface area contributed by atoms with Crippen molar-refractivity contribution in [3.8, 4) is 0 Å². The van der Waals surface area contributed by atoms with Crippen molar-refractivity contribution in [2.24, 2.45) is 0 Å². The highest BCUT2D eigenvalue weighted by Gasteiger charge is 2.52. The Balaban J connectivity index is 0. The summed E-state index contributed by atoms with van der Waals surface area (Å²) in [4.78, 5) is 44.2. The van der Waals surface area contributed by atoms with Crippen LogP contribution in [-0.2, 0) is 33.4 Å². The Hall–Kier alpha value is -2.98. The predicted octanol–water partition coefficient (Wildman–Crippen LogP) is -7.68. The Morgan fingerprint density at radius 1 is 0.932 bits per heavy atom. The van der Waals surface area contributed by atoms with Crippen LogP contribution in [0.4, 0.5) is 0 Å². The molecule has 0 saturated carbocycles. The predicted molar refractivity (Wildman–Crippen MR) is 141 cm³/mol. The van der Waals surface area contributed by atoms with Crippen LogP contribution in [-0.4, -0.2) is 152 Å². The van der Waals surface area contributed by atoms with E-state index in [1.165, 1.54) is 0 Å². The molecule has 0 aromatic heterocycles. The van der Waals surface area contributed by atoms with Gasteiger partial charge in [-0.25, -0.2) is 0 Å². The SMILES string of the molecule is C.C.CC(=O)N[C@H]1C([C@H](O)[C@H](O)CO)OC(C(=O)[O-])=C[C@H]1O.CO[C@]1(C(=O)[O-])C[C@@H](O)[C@@H](NC(C)=O)C([C@H](O)[C@H](O)CO)O1. The number of carboxylic acids is 2. The van der Waals surface area contributed by atoms with Crippen molar-refractivity contribution in [3.05, 3.63) is 11.8 Å². The first-order chi connectivity index (χ1) is 19.5. The summed E-state index contributed by atoms with van der Waals surface area (Å²) in [7, 11) is 1.01. The van der Waals surface area contributed by atoms with Gasteiger partial charge in [0.25, 0.3) is 0 Å². The van der Waals surface area contributed by atoms with Crippen molar-refractivity contribution in [1.82, 2.24) is 10.6 Å². The number of ether oxygens (including phenoxy) is 3. The lowest BCUT2D eigenvalue weighted by Crippen LogP contribution is -2.69. The van der Waals surface area contributed by atoms with Gasteiger partial charge in [-0.3, -0.25) is 9.59 Å². The van der Waals surface area contributed by atoms with E-state index in [2.05, 4.69) is 10.6 Å². The maximum atomic E-state index is 11.2. The van der Waals surface area contributed by atoms with Gasteiger partial charge >= 0.3 is 0 Å². The summed E-state index contributed by atoms with van der Waals surface area (Å²) in [6, 6.07) is -2.40. The maximum Gasteiger partial charge on any atom is 0.217 e. The molecule has 19 nitrogen and oxygen atoms in total. The minimum Gasteiger partial charge on any atom is -0.544 e. The molecule has 2 heterocycles. The topological polar surface area (TPSA) is 328 Å². The lowest BCUT2D eigenvalue weighted by atomic mass is 9.88. The van der Waals surface area contributed by atoms with Crippen LogP contribution in [0, 0.1) is 0 Å². The van der Waals surface area contributed by atoms with Crippen LogP contribution >= 0.6 is 0 Å². The van der Waals surface area contributed by atoms with Crippen LogP contribution in [0.5, 0.6) is 0 Å². The second kappa shape index (κ2) is 18.7. The van der Waals surface area contributed by atoms with E-state index in [-0.39, 0.29) is 14.9 Å². The number of aliphatic hydroxyl groups is 8. The largest absolute Gasteiger partial charge is 0.544 e. The lowest BCUT2D eigenvalue weighted by molar-refractivity contribution is -0.378. The van der Waals surface area contributed by atoms with Crippen molar-refractivity contribution in [2.75, 3.05) is 20.3 Å². The second-order valence-corrected chi connectivity index (χ2v) is 9.42. The van der Waals surface area contributed by atoms with E-state index < -0.39 is 116 Å². The first-order valence-electron chi connectivity index (χ1n) is 12.3. The zero-order valence-electron chi connectivity index (χ0n) is 22.7. The Bertz CT molecular complexity index is 980. The van der Waals surface area contributed by atoms with E-state index in [1.54, 1.807) is 0 Å². The lowest BCUT2D eigenvalue weighted by Gasteiger charge is -2.48. The third-order valence-corrected chi connectivity index (χ3v) is 6.30. The Kier molecular flexibility index (Phi) is 18.4. The molecule has 258 valence electrons. The van der Waals surface area contributed by atoms with Crippen molar-refractivity contribution in [2.45, 2.75) is 102 Å². The molecule has 0 aromatic carbocycles. The fourth-order valence-corrected chi connectivity index (χ4v) is 4.17. The summed E-state index contributed by atoms with van der Waals surface area (Å²) in [5.41, 5.74) is 0. The highest BCUT2D eigenvalue weighted by molar-refractivity contribution is 5.83. The van der Waals surface area contributed by atoms with E-state index >= 15 is 0 Å². The van der Waals surface area contributed by atoms with E-state index in [1.807, 2.05) is 0 Å². The molecule has 10 N–H and O–H groups in total. The van der Waals surface area contributed by atoms with E-state index in [0.717, 1.165) is 27.0 Å². The number of rotatable bonds is 11. The molecular formula is C25H44N2O17-2. The van der Waals surface area contributed by atoms with Crippen molar-refractivity contribution in [1.29, 1.82) is 0 Å². The molecule has 11 atom stereocenters. The average molecular weight is 645 g/mol. The van der Waals surface area contributed by atoms with Gasteiger partial charge in [-0.15, -0.1) is 0 Å². The van der Waals surface area contributed by atoms with Crippen molar-refractivity contribution in [3.63, 3.8) is 0 Å². The number of carbonyl (C=O) groups is 4. The molecular weight excluding hydrogens is 600 g/mol. The summed E-state index contributed by atoms with van der Waals surface area (Å²) in [6.45, 7) is 0.648. The Morgan fingerprint density at radius 2 is 1.39 bits per heavy atom. The zero-order valence-corrected chi connectivity index (χ0v) is 22.7. The molecule has 19 heteroatoms. The Labute approximate surface area is 253 Å². The molecule has 0 aromatic rings. The van der Waals surface area contributed by atoms with Crippen LogP contribution in [0.3, 0.4) is 0 Å². The van der Waals surface area contributed by atoms with Crippen LogP contribution in [0.25, 0.3) is 0 Å². The van der Waals surface area contributed by atoms with Gasteiger partial charge < -0.3 is 85.5 Å². The first-order valence-corrected chi connectivity index (χ1v) is 12.3. The van der Waals surface area contributed by atoms with Crippen molar-refractivity contribution >= 4 is 23.8 Å². The van der Waals surface area contributed by atoms with E-state index in [4.69, 9.17) is 24.4 Å². The number of hydrogen-bond donors (Lipinski definition) is 10. The van der Waals surface area contributed by atoms with E-state index in [0.29, 0.717) is 0 Å². The fraction of sp³-hybridized carbons (Fsp3) is 0.760. The maximum absolute atomic E-state index is 11.2. The normalized spacial score (nSPS) is 30.5. The second-order valence-electron chi connectivity index (χ2n) is 9.42. The van der Waals surface area contributed by atoms with Crippen LogP contribution in [0.2, 0.25) is 0 Å². The fourth-order valence-electron chi connectivity index (χ4n) is 4.17. The number of aliphatic hydroxyl groups excluding tert-OH is 8. The summed E-state index contributed by atoms with van der Waals surface area (Å²) in [5, 5.41) is 103. The standard InChI is InChI=1S/C12H21NO9.C11H17NO8.2CH4/c1-5(15)13-8-6(16)3-12(21-2,11(19)20)22-10(8)9(18)7(17)4-14;1-4(14)12-8-5(15)2-7(11(18)19)20-10(8)9(17)6(16)3-13;;/h6-10,14,16-18H,3-4H2,1-2H3,(H,13,15)(H,19,20);2,5-6,8-10,13,15-17H,3H2,1H3,(H,12,14)(H,18,19);2*1H4/p-2/t6-,7-,8-,9-,10?,12-;5-,6-,8-,9-,10?;;/m11../s1. The number of aliphatic carboxylic acids is 2. The van der Waals surface area contributed by atoms with Gasteiger partial charge in [-0.2, -0.15) is 0 Å². The van der Waals surface area contributed by atoms with E-state index in [9.17, 15) is 60.0 Å². The average Bonchev–Trinajstić information content (AvgIpc) is 2.92. The smallest absolute Gasteiger partial charge is 0.217 e.